The summed E-state index contributed by atoms with van der Waals surface area (Å²) in [5.74, 6) is -2.10. The van der Waals surface area contributed by atoms with Gasteiger partial charge in [0.15, 0.2) is 0 Å². The Morgan fingerprint density at radius 1 is 0.762 bits per heavy atom. The van der Waals surface area contributed by atoms with Crippen molar-refractivity contribution < 1.29 is 29.4 Å². The van der Waals surface area contributed by atoms with Gasteiger partial charge in [0.2, 0.25) is 12.8 Å². The normalized spacial score (nSPS) is 13.0. The average molecular weight is 302 g/mol. The molecular formula is C13H22N2O6. The van der Waals surface area contributed by atoms with Gasteiger partial charge in [-0.1, -0.05) is 32.1 Å². The largest absolute Gasteiger partial charge is 0.480 e. The maximum Gasteiger partial charge on any atom is 0.326 e. The fourth-order valence-corrected chi connectivity index (χ4v) is 1.95. The van der Waals surface area contributed by atoms with E-state index in [1.165, 1.54) is 0 Å². The number of hydrogen-bond acceptors (Lipinski definition) is 4. The lowest BCUT2D eigenvalue weighted by Crippen LogP contribution is -2.35. The molecule has 0 aliphatic carbocycles. The molecular weight excluding hydrogens is 280 g/mol. The Hall–Kier alpha value is -2.12. The molecule has 0 heterocycles. The van der Waals surface area contributed by atoms with E-state index in [-0.39, 0.29) is 0 Å². The highest BCUT2D eigenvalue weighted by atomic mass is 16.4. The van der Waals surface area contributed by atoms with E-state index in [0.29, 0.717) is 38.5 Å². The fraction of sp³-hybridized carbons (Fsp3) is 0.692. The summed E-state index contributed by atoms with van der Waals surface area (Å²) in [5, 5.41) is 22.1. The van der Waals surface area contributed by atoms with Gasteiger partial charge >= 0.3 is 11.9 Å². The Kier molecular flexibility index (Phi) is 10.5. The smallest absolute Gasteiger partial charge is 0.326 e. The van der Waals surface area contributed by atoms with Crippen molar-refractivity contribution in [3.05, 3.63) is 0 Å². The molecule has 120 valence electrons. The lowest BCUT2D eigenvalue weighted by molar-refractivity contribution is -0.141. The third-order valence-corrected chi connectivity index (χ3v) is 3.12. The molecule has 0 aliphatic heterocycles. The summed E-state index contributed by atoms with van der Waals surface area (Å²) in [6.45, 7) is 0. The van der Waals surface area contributed by atoms with Gasteiger partial charge in [0.25, 0.3) is 0 Å². The van der Waals surface area contributed by atoms with E-state index in [9.17, 15) is 19.2 Å². The van der Waals surface area contributed by atoms with Gasteiger partial charge in [0, 0.05) is 0 Å². The number of unbranched alkanes of at least 4 members (excludes halogenated alkanes) is 4. The number of carboxylic acid groups (broad SMARTS) is 2. The molecule has 0 saturated heterocycles. The highest BCUT2D eigenvalue weighted by Crippen LogP contribution is 2.10. The third kappa shape index (κ3) is 9.42. The second-order valence-corrected chi connectivity index (χ2v) is 4.70. The zero-order valence-corrected chi connectivity index (χ0v) is 11.8. The molecule has 0 radical (unpaired) electrons. The number of carbonyl (C=O) groups excluding carboxylic acids is 2. The van der Waals surface area contributed by atoms with Crippen molar-refractivity contribution in [1.29, 1.82) is 0 Å². The summed E-state index contributed by atoms with van der Waals surface area (Å²) >= 11 is 0. The Labute approximate surface area is 122 Å². The molecule has 0 bridgehead atoms. The van der Waals surface area contributed by atoms with E-state index in [0.717, 1.165) is 19.3 Å². The second-order valence-electron chi connectivity index (χ2n) is 4.70. The van der Waals surface area contributed by atoms with Gasteiger partial charge in [-0.3, -0.25) is 9.59 Å². The van der Waals surface area contributed by atoms with Crippen LogP contribution in [0.1, 0.15) is 44.9 Å². The molecule has 0 aromatic heterocycles. The maximum absolute atomic E-state index is 10.7. The first-order valence-electron chi connectivity index (χ1n) is 6.88. The van der Waals surface area contributed by atoms with Crippen LogP contribution in [-0.4, -0.2) is 47.1 Å². The molecule has 8 heteroatoms. The zero-order chi connectivity index (χ0) is 16.1. The molecule has 0 fully saturated rings. The molecule has 0 aromatic rings. The molecule has 0 rings (SSSR count). The van der Waals surface area contributed by atoms with E-state index in [2.05, 4.69) is 10.6 Å². The van der Waals surface area contributed by atoms with Crippen LogP contribution in [0.15, 0.2) is 0 Å². The average Bonchev–Trinajstić information content (AvgIpc) is 2.43. The third-order valence-electron chi connectivity index (χ3n) is 3.12. The van der Waals surface area contributed by atoms with Crippen LogP contribution in [0, 0.1) is 0 Å². The molecule has 0 aromatic carbocycles. The Morgan fingerprint density at radius 2 is 1.10 bits per heavy atom. The molecule has 0 saturated carbocycles. The van der Waals surface area contributed by atoms with Gasteiger partial charge in [0.05, 0.1) is 0 Å². The van der Waals surface area contributed by atoms with Crippen molar-refractivity contribution in [2.24, 2.45) is 0 Å². The number of aliphatic carboxylic acids is 2. The highest BCUT2D eigenvalue weighted by molar-refractivity contribution is 5.76. The standard InChI is InChI=1S/C13H22N2O6/c16-8-14-10(12(18)19)6-4-2-1-3-5-7-11(13(20)21)15-9-17/h8-11H,1-7H2,(H,14,16)(H,15,17)(H,18,19)(H,20,21). The number of hydrogen-bond donors (Lipinski definition) is 4. The van der Waals surface area contributed by atoms with Crippen LogP contribution in [0.3, 0.4) is 0 Å². The zero-order valence-electron chi connectivity index (χ0n) is 11.8. The molecule has 2 amide bonds. The number of carboxylic acids is 2. The van der Waals surface area contributed by atoms with Gasteiger partial charge in [0.1, 0.15) is 12.1 Å². The quantitative estimate of drug-likeness (QED) is 0.266. The highest BCUT2D eigenvalue weighted by Gasteiger charge is 2.16. The van der Waals surface area contributed by atoms with Crippen LogP contribution in [0.4, 0.5) is 0 Å². The molecule has 0 aliphatic rings. The second kappa shape index (κ2) is 11.7. The van der Waals surface area contributed by atoms with Crippen molar-refractivity contribution in [2.75, 3.05) is 0 Å². The van der Waals surface area contributed by atoms with E-state index in [4.69, 9.17) is 10.2 Å². The summed E-state index contributed by atoms with van der Waals surface area (Å²) < 4.78 is 0. The first-order valence-corrected chi connectivity index (χ1v) is 6.88. The first-order chi connectivity index (χ1) is 10.0. The monoisotopic (exact) mass is 302 g/mol. The van der Waals surface area contributed by atoms with Gasteiger partial charge < -0.3 is 20.8 Å². The van der Waals surface area contributed by atoms with E-state index in [1.807, 2.05) is 0 Å². The Morgan fingerprint density at radius 3 is 1.38 bits per heavy atom. The van der Waals surface area contributed by atoms with Crippen LogP contribution < -0.4 is 10.6 Å². The summed E-state index contributed by atoms with van der Waals surface area (Å²) in [6, 6.07) is -1.70. The maximum atomic E-state index is 10.7. The molecule has 8 nitrogen and oxygen atoms in total. The van der Waals surface area contributed by atoms with Crippen LogP contribution >= 0.6 is 0 Å². The SMILES string of the molecule is O=CNC(CCCCCCCC(NC=O)C(=O)O)C(=O)O. The topological polar surface area (TPSA) is 133 Å². The van der Waals surface area contributed by atoms with Gasteiger partial charge in [-0.15, -0.1) is 0 Å². The molecule has 2 atom stereocenters. The van der Waals surface area contributed by atoms with E-state index < -0.39 is 24.0 Å². The predicted molar refractivity (Wildman–Crippen MR) is 73.6 cm³/mol. The number of carbonyl (C=O) groups is 4. The summed E-state index contributed by atoms with van der Waals surface area (Å²) in [7, 11) is 0. The molecule has 2 unspecified atom stereocenters. The van der Waals surface area contributed by atoms with Gasteiger partial charge in [-0.25, -0.2) is 9.59 Å². The summed E-state index contributed by atoms with van der Waals surface area (Å²) in [6.07, 6.45) is 5.32. The summed E-state index contributed by atoms with van der Waals surface area (Å²) in [4.78, 5) is 41.9. The lowest BCUT2D eigenvalue weighted by atomic mass is 10.0. The minimum absolute atomic E-state index is 0.374. The summed E-state index contributed by atoms with van der Waals surface area (Å²) in [5.41, 5.74) is 0. The predicted octanol–water partition coefficient (Wildman–Crippen LogP) is 0.116. The number of rotatable bonds is 14. The minimum Gasteiger partial charge on any atom is -0.480 e. The van der Waals surface area contributed by atoms with E-state index in [1.54, 1.807) is 0 Å². The minimum atomic E-state index is -1.05. The first kappa shape index (κ1) is 18.9. The number of amides is 2. The van der Waals surface area contributed by atoms with Crippen LogP contribution in [0.5, 0.6) is 0 Å². The van der Waals surface area contributed by atoms with Crippen LogP contribution in [-0.2, 0) is 19.2 Å². The van der Waals surface area contributed by atoms with Crippen molar-refractivity contribution in [3.63, 3.8) is 0 Å². The lowest BCUT2D eigenvalue weighted by Gasteiger charge is -2.11. The van der Waals surface area contributed by atoms with Crippen LogP contribution in [0.25, 0.3) is 0 Å². The Bertz CT molecular complexity index is 316. The fourth-order valence-electron chi connectivity index (χ4n) is 1.95. The number of nitrogens with one attached hydrogen (secondary N) is 2. The molecule has 4 N–H and O–H groups in total. The van der Waals surface area contributed by atoms with Gasteiger partial charge in [-0.05, 0) is 12.8 Å². The van der Waals surface area contributed by atoms with E-state index >= 15 is 0 Å². The van der Waals surface area contributed by atoms with Crippen LogP contribution in [0.2, 0.25) is 0 Å². The Balaban J connectivity index is 3.67. The van der Waals surface area contributed by atoms with Crippen molar-refractivity contribution in [1.82, 2.24) is 10.6 Å². The van der Waals surface area contributed by atoms with Crippen molar-refractivity contribution >= 4 is 24.8 Å². The molecule has 21 heavy (non-hydrogen) atoms. The van der Waals surface area contributed by atoms with Gasteiger partial charge in [-0.2, -0.15) is 0 Å². The van der Waals surface area contributed by atoms with Crippen molar-refractivity contribution in [2.45, 2.75) is 57.0 Å². The molecule has 0 spiro atoms. The van der Waals surface area contributed by atoms with Crippen molar-refractivity contribution in [3.8, 4) is 0 Å².